The van der Waals surface area contributed by atoms with Crippen LogP contribution in [-0.2, 0) is 12.0 Å². The van der Waals surface area contributed by atoms with E-state index < -0.39 is 0 Å². The molecule has 0 aliphatic heterocycles. The van der Waals surface area contributed by atoms with Crippen molar-refractivity contribution < 1.29 is 0 Å². The maximum absolute atomic E-state index is 6.81. The summed E-state index contributed by atoms with van der Waals surface area (Å²) in [7, 11) is 0. The van der Waals surface area contributed by atoms with Gasteiger partial charge in [-0.2, -0.15) is 0 Å². The Morgan fingerprint density at radius 3 is 2.65 bits per heavy atom. The van der Waals surface area contributed by atoms with Crippen LogP contribution in [0.3, 0.4) is 0 Å². The lowest BCUT2D eigenvalue weighted by Gasteiger charge is -2.40. The lowest BCUT2D eigenvalue weighted by atomic mass is 9.69. The van der Waals surface area contributed by atoms with E-state index in [0.717, 1.165) is 31.1 Å². The van der Waals surface area contributed by atoms with Crippen molar-refractivity contribution in [3.8, 4) is 0 Å². The minimum atomic E-state index is -0.0970. The van der Waals surface area contributed by atoms with Crippen molar-refractivity contribution >= 4 is 0 Å². The molecule has 1 aromatic rings. The lowest BCUT2D eigenvalue weighted by molar-refractivity contribution is 0.184. The maximum atomic E-state index is 6.81. The summed E-state index contributed by atoms with van der Waals surface area (Å²) in [6.07, 6.45) is 6.06. The van der Waals surface area contributed by atoms with Gasteiger partial charge in [0.2, 0.25) is 0 Å². The smallest absolute Gasteiger partial charge is 0.0412 e. The summed E-state index contributed by atoms with van der Waals surface area (Å²) in [5, 5.41) is 0. The standard InChI is InChI=1S/C19H31N/c1-14(2)11-16-7-5-9-18(12-16)19(20)10-6-8-17(13-19)15(3)4/h5,7,9,12,14-15,17H,6,8,10-11,13,20H2,1-4H3. The van der Waals surface area contributed by atoms with Crippen LogP contribution in [0.25, 0.3) is 0 Å². The van der Waals surface area contributed by atoms with Gasteiger partial charge >= 0.3 is 0 Å². The van der Waals surface area contributed by atoms with Crippen LogP contribution in [0.1, 0.15) is 64.5 Å². The Kier molecular flexibility index (Phi) is 4.90. The molecule has 2 atom stereocenters. The largest absolute Gasteiger partial charge is 0.321 e. The number of hydrogen-bond donors (Lipinski definition) is 1. The summed E-state index contributed by atoms with van der Waals surface area (Å²) >= 11 is 0. The van der Waals surface area contributed by atoms with Gasteiger partial charge in [-0.1, -0.05) is 64.8 Å². The van der Waals surface area contributed by atoms with E-state index in [4.69, 9.17) is 5.73 Å². The molecule has 0 heterocycles. The van der Waals surface area contributed by atoms with Gasteiger partial charge in [-0.3, -0.25) is 0 Å². The normalized spacial score (nSPS) is 27.2. The zero-order chi connectivity index (χ0) is 14.8. The van der Waals surface area contributed by atoms with Crippen LogP contribution < -0.4 is 5.73 Å². The average Bonchev–Trinajstić information content (AvgIpc) is 2.38. The molecule has 1 aromatic carbocycles. The van der Waals surface area contributed by atoms with Crippen molar-refractivity contribution in [2.45, 2.75) is 65.3 Å². The van der Waals surface area contributed by atoms with Crippen molar-refractivity contribution in [3.05, 3.63) is 35.4 Å². The fraction of sp³-hybridized carbons (Fsp3) is 0.684. The van der Waals surface area contributed by atoms with Gasteiger partial charge in [0.25, 0.3) is 0 Å². The molecule has 1 fully saturated rings. The molecule has 1 aliphatic rings. The summed E-state index contributed by atoms with van der Waals surface area (Å²) in [5.41, 5.74) is 9.51. The monoisotopic (exact) mass is 273 g/mol. The molecule has 1 heteroatoms. The van der Waals surface area contributed by atoms with Crippen LogP contribution in [0.4, 0.5) is 0 Å². The van der Waals surface area contributed by atoms with Crippen LogP contribution in [0.5, 0.6) is 0 Å². The molecule has 1 aliphatic carbocycles. The molecule has 0 saturated heterocycles. The molecular weight excluding hydrogens is 242 g/mol. The summed E-state index contributed by atoms with van der Waals surface area (Å²) in [6.45, 7) is 9.23. The van der Waals surface area contributed by atoms with Crippen molar-refractivity contribution in [1.29, 1.82) is 0 Å². The van der Waals surface area contributed by atoms with Gasteiger partial charge < -0.3 is 5.73 Å². The first-order valence-electron chi connectivity index (χ1n) is 8.29. The number of benzene rings is 1. The predicted molar refractivity (Wildman–Crippen MR) is 87.6 cm³/mol. The van der Waals surface area contributed by atoms with Crippen LogP contribution in [0, 0.1) is 17.8 Å². The third-order valence-electron chi connectivity index (χ3n) is 4.91. The summed E-state index contributed by atoms with van der Waals surface area (Å²) in [4.78, 5) is 0. The Labute approximate surface area is 125 Å². The number of nitrogens with two attached hydrogens (primary N) is 1. The highest BCUT2D eigenvalue weighted by Crippen LogP contribution is 2.41. The highest BCUT2D eigenvalue weighted by molar-refractivity contribution is 5.30. The van der Waals surface area contributed by atoms with Gasteiger partial charge in [-0.05, 0) is 48.1 Å². The quantitative estimate of drug-likeness (QED) is 0.831. The van der Waals surface area contributed by atoms with Crippen molar-refractivity contribution in [3.63, 3.8) is 0 Å². The second-order valence-electron chi connectivity index (χ2n) is 7.55. The zero-order valence-electron chi connectivity index (χ0n) is 13.7. The molecule has 2 N–H and O–H groups in total. The van der Waals surface area contributed by atoms with Crippen LogP contribution in [-0.4, -0.2) is 0 Å². The van der Waals surface area contributed by atoms with E-state index in [9.17, 15) is 0 Å². The van der Waals surface area contributed by atoms with Crippen molar-refractivity contribution in [2.24, 2.45) is 23.5 Å². The number of hydrogen-bond acceptors (Lipinski definition) is 1. The zero-order valence-corrected chi connectivity index (χ0v) is 13.7. The molecule has 2 rings (SSSR count). The predicted octanol–water partition coefficient (Wildman–Crippen LogP) is 4.89. The molecule has 0 bridgehead atoms. The fourth-order valence-corrected chi connectivity index (χ4v) is 3.66. The van der Waals surface area contributed by atoms with Gasteiger partial charge in [0, 0.05) is 5.54 Å². The molecular formula is C19H31N. The average molecular weight is 273 g/mol. The van der Waals surface area contributed by atoms with E-state index in [1.807, 2.05) is 0 Å². The molecule has 0 radical (unpaired) electrons. The molecule has 1 nitrogen and oxygen atoms in total. The minimum absolute atomic E-state index is 0.0970. The van der Waals surface area contributed by atoms with Crippen molar-refractivity contribution in [1.82, 2.24) is 0 Å². The van der Waals surface area contributed by atoms with E-state index in [1.54, 1.807) is 0 Å². The Balaban J connectivity index is 2.20. The lowest BCUT2D eigenvalue weighted by Crippen LogP contribution is -2.42. The van der Waals surface area contributed by atoms with E-state index >= 15 is 0 Å². The summed E-state index contributed by atoms with van der Waals surface area (Å²) < 4.78 is 0. The van der Waals surface area contributed by atoms with E-state index in [1.165, 1.54) is 24.0 Å². The Morgan fingerprint density at radius 2 is 2.00 bits per heavy atom. The van der Waals surface area contributed by atoms with Crippen LogP contribution in [0.15, 0.2) is 24.3 Å². The van der Waals surface area contributed by atoms with Gasteiger partial charge in [-0.15, -0.1) is 0 Å². The first-order valence-corrected chi connectivity index (χ1v) is 8.29. The maximum Gasteiger partial charge on any atom is 0.0412 e. The van der Waals surface area contributed by atoms with Gasteiger partial charge in [0.1, 0.15) is 0 Å². The Bertz CT molecular complexity index is 435. The summed E-state index contributed by atoms with van der Waals surface area (Å²) in [6, 6.07) is 9.05. The van der Waals surface area contributed by atoms with Gasteiger partial charge in [0.15, 0.2) is 0 Å². The first kappa shape index (κ1) is 15.6. The first-order chi connectivity index (χ1) is 9.40. The van der Waals surface area contributed by atoms with E-state index in [-0.39, 0.29) is 5.54 Å². The molecule has 0 spiro atoms. The van der Waals surface area contributed by atoms with E-state index in [0.29, 0.717) is 5.92 Å². The molecule has 1 saturated carbocycles. The second-order valence-corrected chi connectivity index (χ2v) is 7.55. The van der Waals surface area contributed by atoms with Gasteiger partial charge in [-0.25, -0.2) is 0 Å². The molecule has 0 aromatic heterocycles. The summed E-state index contributed by atoms with van der Waals surface area (Å²) in [5.74, 6) is 2.23. The molecule has 2 unspecified atom stereocenters. The highest BCUT2D eigenvalue weighted by Gasteiger charge is 2.35. The molecule has 112 valence electrons. The van der Waals surface area contributed by atoms with Gasteiger partial charge in [0.05, 0.1) is 0 Å². The van der Waals surface area contributed by atoms with Crippen LogP contribution >= 0.6 is 0 Å². The van der Waals surface area contributed by atoms with E-state index in [2.05, 4.69) is 52.0 Å². The Hall–Kier alpha value is -0.820. The van der Waals surface area contributed by atoms with Crippen LogP contribution in [0.2, 0.25) is 0 Å². The third kappa shape index (κ3) is 3.63. The third-order valence-corrected chi connectivity index (χ3v) is 4.91. The topological polar surface area (TPSA) is 26.0 Å². The minimum Gasteiger partial charge on any atom is -0.321 e. The fourth-order valence-electron chi connectivity index (χ4n) is 3.66. The number of rotatable bonds is 4. The highest BCUT2D eigenvalue weighted by atomic mass is 14.8. The SMILES string of the molecule is CC(C)Cc1cccc(C2(N)CCCC(C(C)C)C2)c1. The molecule has 20 heavy (non-hydrogen) atoms. The second kappa shape index (κ2) is 6.30. The molecule has 0 amide bonds. The van der Waals surface area contributed by atoms with Crippen molar-refractivity contribution in [2.75, 3.05) is 0 Å². The Morgan fingerprint density at radius 1 is 1.25 bits per heavy atom.